The van der Waals surface area contributed by atoms with Crippen molar-refractivity contribution < 1.29 is 25.0 Å². The molecule has 6 heteroatoms. The van der Waals surface area contributed by atoms with Crippen molar-refractivity contribution in [2.24, 2.45) is 5.90 Å². The summed E-state index contributed by atoms with van der Waals surface area (Å²) in [6, 6.07) is 1.84. The average molecular weight is 185 g/mol. The summed E-state index contributed by atoms with van der Waals surface area (Å²) in [5.74, 6) is 1.69. The summed E-state index contributed by atoms with van der Waals surface area (Å²) in [5, 5.41) is 26.8. The highest BCUT2D eigenvalue weighted by atomic mass is 16.7. The lowest BCUT2D eigenvalue weighted by atomic mass is 10.2. The predicted molar refractivity (Wildman–Crippen MR) is 41.0 cm³/mol. The van der Waals surface area contributed by atoms with Gasteiger partial charge in [0.1, 0.15) is 0 Å². The minimum absolute atomic E-state index is 0.157. The summed E-state index contributed by atoms with van der Waals surface area (Å²) in [4.78, 5) is 14.6. The zero-order chi connectivity index (χ0) is 10.0. The van der Waals surface area contributed by atoms with Gasteiger partial charge in [-0.3, -0.25) is 0 Å². The van der Waals surface area contributed by atoms with Crippen LogP contribution in [0.3, 0.4) is 0 Å². The van der Waals surface area contributed by atoms with E-state index in [9.17, 15) is 4.79 Å². The lowest BCUT2D eigenvalue weighted by Crippen LogP contribution is -2.09. The molecule has 1 rings (SSSR count). The van der Waals surface area contributed by atoms with Crippen LogP contribution in [0.4, 0.5) is 0 Å². The number of rotatable bonds is 1. The van der Waals surface area contributed by atoms with E-state index >= 15 is 0 Å². The summed E-state index contributed by atoms with van der Waals surface area (Å²) in [5.41, 5.74) is -0.157. The van der Waals surface area contributed by atoms with Crippen LogP contribution in [-0.2, 0) is 4.84 Å². The fourth-order valence-corrected chi connectivity index (χ4v) is 0.790. The van der Waals surface area contributed by atoms with E-state index in [1.54, 1.807) is 0 Å². The van der Waals surface area contributed by atoms with E-state index in [-0.39, 0.29) is 5.56 Å². The SMILES string of the molecule is NOC(=O)c1cc(O)c(O)c(O)c1. The number of carbonyl (C=O) groups excluding carboxylic acids is 1. The van der Waals surface area contributed by atoms with E-state index in [1.807, 2.05) is 0 Å². The van der Waals surface area contributed by atoms with Gasteiger partial charge in [0.2, 0.25) is 0 Å². The molecule has 6 nitrogen and oxygen atoms in total. The van der Waals surface area contributed by atoms with Gasteiger partial charge in [-0.1, -0.05) is 0 Å². The summed E-state index contributed by atoms with van der Waals surface area (Å²) in [7, 11) is 0. The minimum Gasteiger partial charge on any atom is -0.504 e. The van der Waals surface area contributed by atoms with Crippen LogP contribution in [0.15, 0.2) is 12.1 Å². The number of hydrogen-bond donors (Lipinski definition) is 4. The van der Waals surface area contributed by atoms with Gasteiger partial charge in [0.15, 0.2) is 17.2 Å². The van der Waals surface area contributed by atoms with E-state index in [2.05, 4.69) is 10.7 Å². The molecule has 13 heavy (non-hydrogen) atoms. The Morgan fingerprint density at radius 1 is 1.23 bits per heavy atom. The fraction of sp³-hybridized carbons (Fsp3) is 0. The Morgan fingerprint density at radius 2 is 1.69 bits per heavy atom. The Labute approximate surface area is 72.7 Å². The van der Waals surface area contributed by atoms with Crippen LogP contribution in [0.5, 0.6) is 17.2 Å². The highest BCUT2D eigenvalue weighted by molar-refractivity contribution is 5.90. The van der Waals surface area contributed by atoms with E-state index in [4.69, 9.17) is 15.3 Å². The van der Waals surface area contributed by atoms with Gasteiger partial charge >= 0.3 is 5.97 Å². The third-order valence-electron chi connectivity index (χ3n) is 1.41. The average Bonchev–Trinajstić information content (AvgIpc) is 2.12. The molecule has 0 bridgehead atoms. The molecular weight excluding hydrogens is 178 g/mol. The van der Waals surface area contributed by atoms with Crippen molar-refractivity contribution in [1.82, 2.24) is 0 Å². The van der Waals surface area contributed by atoms with Gasteiger partial charge in [0, 0.05) is 0 Å². The third kappa shape index (κ3) is 1.62. The Balaban J connectivity index is 3.20. The normalized spacial score (nSPS) is 9.62. The van der Waals surface area contributed by atoms with Crippen LogP contribution < -0.4 is 5.90 Å². The van der Waals surface area contributed by atoms with Crippen molar-refractivity contribution in [3.63, 3.8) is 0 Å². The molecule has 1 aromatic rings. The second-order valence-electron chi connectivity index (χ2n) is 2.27. The van der Waals surface area contributed by atoms with Gasteiger partial charge in [-0.25, -0.2) is 4.79 Å². The van der Waals surface area contributed by atoms with Crippen molar-refractivity contribution in [1.29, 1.82) is 0 Å². The number of phenols is 3. The van der Waals surface area contributed by atoms with Crippen molar-refractivity contribution in [3.05, 3.63) is 17.7 Å². The lowest BCUT2D eigenvalue weighted by molar-refractivity contribution is 0.0502. The first-order chi connectivity index (χ1) is 6.06. The lowest BCUT2D eigenvalue weighted by Gasteiger charge is -2.03. The molecule has 5 N–H and O–H groups in total. The van der Waals surface area contributed by atoms with Crippen molar-refractivity contribution >= 4 is 5.97 Å². The summed E-state index contributed by atoms with van der Waals surface area (Å²) in [6.07, 6.45) is 0. The Kier molecular flexibility index (Phi) is 2.25. The number of carbonyl (C=O) groups is 1. The molecule has 70 valence electrons. The number of nitrogens with two attached hydrogens (primary N) is 1. The molecule has 0 atom stereocenters. The van der Waals surface area contributed by atoms with E-state index in [1.165, 1.54) is 0 Å². The molecule has 0 saturated heterocycles. The first-order valence-electron chi connectivity index (χ1n) is 3.22. The van der Waals surface area contributed by atoms with Crippen LogP contribution in [0.25, 0.3) is 0 Å². The summed E-state index contributed by atoms with van der Waals surface area (Å²) in [6.45, 7) is 0. The highest BCUT2D eigenvalue weighted by Crippen LogP contribution is 2.35. The van der Waals surface area contributed by atoms with Crippen LogP contribution in [0, 0.1) is 0 Å². The van der Waals surface area contributed by atoms with Crippen LogP contribution in [0.2, 0.25) is 0 Å². The zero-order valence-corrected chi connectivity index (χ0v) is 6.39. The first-order valence-corrected chi connectivity index (χ1v) is 3.22. The van der Waals surface area contributed by atoms with Crippen molar-refractivity contribution in [2.45, 2.75) is 0 Å². The number of hydrogen-bond acceptors (Lipinski definition) is 6. The number of benzene rings is 1. The maximum absolute atomic E-state index is 10.8. The molecular formula is C7H7NO5. The molecule has 0 heterocycles. The topological polar surface area (TPSA) is 113 Å². The van der Waals surface area contributed by atoms with Gasteiger partial charge < -0.3 is 20.2 Å². The minimum atomic E-state index is -0.925. The molecule has 0 aliphatic rings. The summed E-state index contributed by atoms with van der Waals surface area (Å²) >= 11 is 0. The van der Waals surface area contributed by atoms with E-state index in [0.717, 1.165) is 12.1 Å². The van der Waals surface area contributed by atoms with Crippen LogP contribution >= 0.6 is 0 Å². The molecule has 0 aliphatic carbocycles. The smallest absolute Gasteiger partial charge is 0.356 e. The van der Waals surface area contributed by atoms with Gasteiger partial charge in [0.05, 0.1) is 5.56 Å². The standard InChI is InChI=1S/C7H7NO5/c8-13-7(12)3-1-4(9)6(11)5(10)2-3/h1-2,9-11H,8H2. The quantitative estimate of drug-likeness (QED) is 0.357. The molecule has 0 unspecified atom stereocenters. The van der Waals surface area contributed by atoms with E-state index < -0.39 is 23.2 Å². The third-order valence-corrected chi connectivity index (χ3v) is 1.41. The zero-order valence-electron chi connectivity index (χ0n) is 6.39. The molecule has 0 radical (unpaired) electrons. The van der Waals surface area contributed by atoms with Crippen LogP contribution in [0.1, 0.15) is 10.4 Å². The number of phenolic OH excluding ortho intramolecular Hbond substituents is 3. The molecule has 0 saturated carbocycles. The second kappa shape index (κ2) is 3.20. The monoisotopic (exact) mass is 185 g/mol. The molecule has 0 fully saturated rings. The Hall–Kier alpha value is -1.95. The molecule has 0 spiro atoms. The predicted octanol–water partition coefficient (Wildman–Crippen LogP) is -0.166. The maximum Gasteiger partial charge on any atom is 0.356 e. The molecule has 0 aromatic heterocycles. The fourth-order valence-electron chi connectivity index (χ4n) is 0.790. The maximum atomic E-state index is 10.8. The number of aromatic hydroxyl groups is 3. The highest BCUT2D eigenvalue weighted by Gasteiger charge is 2.13. The first kappa shape index (κ1) is 9.14. The Bertz CT molecular complexity index is 326. The molecule has 1 aromatic carbocycles. The van der Waals surface area contributed by atoms with Gasteiger partial charge in [0.25, 0.3) is 0 Å². The summed E-state index contributed by atoms with van der Waals surface area (Å²) < 4.78 is 0. The van der Waals surface area contributed by atoms with Crippen molar-refractivity contribution in [2.75, 3.05) is 0 Å². The Morgan fingerprint density at radius 3 is 2.08 bits per heavy atom. The van der Waals surface area contributed by atoms with E-state index in [0.29, 0.717) is 0 Å². The second-order valence-corrected chi connectivity index (χ2v) is 2.27. The molecule has 0 aliphatic heterocycles. The van der Waals surface area contributed by atoms with Gasteiger partial charge in [-0.2, -0.15) is 5.90 Å². The van der Waals surface area contributed by atoms with Gasteiger partial charge in [-0.15, -0.1) is 0 Å². The van der Waals surface area contributed by atoms with Gasteiger partial charge in [-0.05, 0) is 12.1 Å². The molecule has 0 amide bonds. The van der Waals surface area contributed by atoms with Crippen molar-refractivity contribution in [3.8, 4) is 17.2 Å². The largest absolute Gasteiger partial charge is 0.504 e. The van der Waals surface area contributed by atoms with Crippen LogP contribution in [-0.4, -0.2) is 21.3 Å².